The highest BCUT2D eigenvalue weighted by Crippen LogP contribution is 2.24. The summed E-state index contributed by atoms with van der Waals surface area (Å²) in [6, 6.07) is 7.92. The molecule has 1 amide bonds. The Morgan fingerprint density at radius 1 is 1.32 bits per heavy atom. The van der Waals surface area contributed by atoms with E-state index in [0.717, 1.165) is 42.9 Å². The Hall–Kier alpha value is -2.34. The van der Waals surface area contributed by atoms with Gasteiger partial charge in [-0.3, -0.25) is 4.79 Å². The van der Waals surface area contributed by atoms with Crippen LogP contribution in [0.25, 0.3) is 0 Å². The number of amides is 1. The number of hydrogen-bond acceptors (Lipinski definition) is 5. The van der Waals surface area contributed by atoms with E-state index in [0.29, 0.717) is 24.0 Å². The van der Waals surface area contributed by atoms with Crippen LogP contribution >= 0.6 is 0 Å². The zero-order chi connectivity index (χ0) is 17.8. The molecule has 1 fully saturated rings. The van der Waals surface area contributed by atoms with Crippen molar-refractivity contribution in [1.82, 2.24) is 15.4 Å². The molecule has 0 saturated carbocycles. The third-order valence-corrected chi connectivity index (χ3v) is 4.86. The number of para-hydroxylation sites is 1. The van der Waals surface area contributed by atoms with E-state index < -0.39 is 0 Å². The third-order valence-electron chi connectivity index (χ3n) is 4.86. The number of likely N-dealkylation sites (tertiary alicyclic amines) is 1. The number of benzene rings is 1. The first-order valence-corrected chi connectivity index (χ1v) is 8.70. The van der Waals surface area contributed by atoms with E-state index >= 15 is 0 Å². The number of nitrogens with zero attached hydrogens (tertiary/aromatic N) is 2. The van der Waals surface area contributed by atoms with Crippen molar-refractivity contribution in [3.8, 4) is 5.75 Å². The van der Waals surface area contributed by atoms with Gasteiger partial charge in [-0.05, 0) is 45.9 Å². The SMILES string of the molecule is CNC1CCN(C(=O)c2ccccc2OCc2c(C)noc2C)CC1. The highest BCUT2D eigenvalue weighted by molar-refractivity contribution is 5.97. The van der Waals surface area contributed by atoms with Gasteiger partial charge in [0, 0.05) is 19.1 Å². The molecule has 0 radical (unpaired) electrons. The minimum atomic E-state index is 0.0314. The van der Waals surface area contributed by atoms with Crippen LogP contribution in [0.15, 0.2) is 28.8 Å². The van der Waals surface area contributed by atoms with Crippen molar-refractivity contribution in [2.45, 2.75) is 39.3 Å². The molecule has 6 nitrogen and oxygen atoms in total. The van der Waals surface area contributed by atoms with E-state index in [1.165, 1.54) is 0 Å². The molecule has 0 atom stereocenters. The molecule has 1 aliphatic heterocycles. The van der Waals surface area contributed by atoms with Crippen LogP contribution in [0.2, 0.25) is 0 Å². The molecule has 2 aromatic rings. The second kappa shape index (κ2) is 7.70. The van der Waals surface area contributed by atoms with Gasteiger partial charge < -0.3 is 19.5 Å². The maximum absolute atomic E-state index is 12.9. The smallest absolute Gasteiger partial charge is 0.257 e. The molecule has 1 N–H and O–H groups in total. The third kappa shape index (κ3) is 3.85. The summed E-state index contributed by atoms with van der Waals surface area (Å²) < 4.78 is 11.1. The number of carbonyl (C=O) groups excluding carboxylic acids is 1. The first kappa shape index (κ1) is 17.5. The molecule has 1 aromatic carbocycles. The van der Waals surface area contributed by atoms with Crippen molar-refractivity contribution in [3.63, 3.8) is 0 Å². The van der Waals surface area contributed by atoms with Gasteiger partial charge in [-0.25, -0.2) is 0 Å². The monoisotopic (exact) mass is 343 g/mol. The fourth-order valence-electron chi connectivity index (χ4n) is 3.17. The zero-order valence-corrected chi connectivity index (χ0v) is 15.0. The Morgan fingerprint density at radius 3 is 2.68 bits per heavy atom. The van der Waals surface area contributed by atoms with Gasteiger partial charge in [0.05, 0.1) is 16.8 Å². The first-order chi connectivity index (χ1) is 12.1. The van der Waals surface area contributed by atoms with Crippen molar-refractivity contribution in [2.24, 2.45) is 0 Å². The molecule has 1 aliphatic rings. The average molecular weight is 343 g/mol. The van der Waals surface area contributed by atoms with E-state index in [-0.39, 0.29) is 5.91 Å². The fraction of sp³-hybridized carbons (Fsp3) is 0.474. The standard InChI is InChI=1S/C19H25N3O3/c1-13-17(14(2)25-21-13)12-24-18-7-5-4-6-16(18)19(23)22-10-8-15(20-3)9-11-22/h4-7,15,20H,8-12H2,1-3H3. The topological polar surface area (TPSA) is 67.6 Å². The molecule has 1 aromatic heterocycles. The van der Waals surface area contributed by atoms with Crippen LogP contribution in [-0.2, 0) is 6.61 Å². The van der Waals surface area contributed by atoms with Crippen molar-refractivity contribution < 1.29 is 14.1 Å². The second-order valence-electron chi connectivity index (χ2n) is 6.44. The normalized spacial score (nSPS) is 15.4. The van der Waals surface area contributed by atoms with Gasteiger partial charge in [0.2, 0.25) is 0 Å². The lowest BCUT2D eigenvalue weighted by Gasteiger charge is -2.32. The number of nitrogens with one attached hydrogen (secondary N) is 1. The van der Waals surface area contributed by atoms with Gasteiger partial charge in [-0.15, -0.1) is 0 Å². The number of rotatable bonds is 5. The summed E-state index contributed by atoms with van der Waals surface area (Å²) >= 11 is 0. The summed E-state index contributed by atoms with van der Waals surface area (Å²) in [5.74, 6) is 1.38. The molecule has 6 heteroatoms. The molecule has 0 spiro atoms. The Kier molecular flexibility index (Phi) is 5.38. The zero-order valence-electron chi connectivity index (χ0n) is 15.0. The van der Waals surface area contributed by atoms with Gasteiger partial charge in [0.1, 0.15) is 18.1 Å². The molecule has 0 bridgehead atoms. The predicted molar refractivity (Wildman–Crippen MR) is 94.7 cm³/mol. The van der Waals surface area contributed by atoms with E-state index in [4.69, 9.17) is 9.26 Å². The van der Waals surface area contributed by atoms with Crippen molar-refractivity contribution in [1.29, 1.82) is 0 Å². The van der Waals surface area contributed by atoms with Crippen molar-refractivity contribution in [3.05, 3.63) is 46.8 Å². The summed E-state index contributed by atoms with van der Waals surface area (Å²) in [5, 5.41) is 7.22. The Bertz CT molecular complexity index is 714. The van der Waals surface area contributed by atoms with Crippen LogP contribution in [0.4, 0.5) is 0 Å². The van der Waals surface area contributed by atoms with E-state index in [1.54, 1.807) is 0 Å². The highest BCUT2D eigenvalue weighted by Gasteiger charge is 2.24. The number of carbonyl (C=O) groups is 1. The molecule has 2 heterocycles. The molecule has 25 heavy (non-hydrogen) atoms. The minimum absolute atomic E-state index is 0.0314. The summed E-state index contributed by atoms with van der Waals surface area (Å²) in [5.41, 5.74) is 2.35. The van der Waals surface area contributed by atoms with Crippen LogP contribution in [0.3, 0.4) is 0 Å². The summed E-state index contributed by atoms with van der Waals surface area (Å²) in [4.78, 5) is 14.8. The van der Waals surface area contributed by atoms with Crippen LogP contribution in [0.5, 0.6) is 5.75 Å². The maximum atomic E-state index is 12.9. The molecule has 1 saturated heterocycles. The molecular weight excluding hydrogens is 318 g/mol. The van der Waals surface area contributed by atoms with E-state index in [2.05, 4.69) is 10.5 Å². The highest BCUT2D eigenvalue weighted by atomic mass is 16.5. The number of ether oxygens (including phenoxy) is 1. The van der Waals surface area contributed by atoms with Crippen LogP contribution in [-0.4, -0.2) is 42.1 Å². The van der Waals surface area contributed by atoms with E-state index in [9.17, 15) is 4.79 Å². The number of hydrogen-bond donors (Lipinski definition) is 1. The van der Waals surface area contributed by atoms with Crippen LogP contribution < -0.4 is 10.1 Å². The Morgan fingerprint density at radius 2 is 2.04 bits per heavy atom. The maximum Gasteiger partial charge on any atom is 0.257 e. The quantitative estimate of drug-likeness (QED) is 0.904. The lowest BCUT2D eigenvalue weighted by atomic mass is 10.0. The minimum Gasteiger partial charge on any atom is -0.488 e. The van der Waals surface area contributed by atoms with Crippen LogP contribution in [0.1, 0.15) is 40.2 Å². The number of piperidine rings is 1. The molecule has 0 aliphatic carbocycles. The lowest BCUT2D eigenvalue weighted by Crippen LogP contribution is -2.44. The van der Waals surface area contributed by atoms with Gasteiger partial charge in [0.15, 0.2) is 0 Å². The number of aromatic nitrogens is 1. The van der Waals surface area contributed by atoms with Crippen molar-refractivity contribution >= 4 is 5.91 Å². The van der Waals surface area contributed by atoms with Crippen molar-refractivity contribution in [2.75, 3.05) is 20.1 Å². The van der Waals surface area contributed by atoms with Gasteiger partial charge in [-0.1, -0.05) is 17.3 Å². The fourth-order valence-corrected chi connectivity index (χ4v) is 3.17. The largest absolute Gasteiger partial charge is 0.488 e. The Balaban J connectivity index is 1.71. The lowest BCUT2D eigenvalue weighted by molar-refractivity contribution is 0.0702. The summed E-state index contributed by atoms with van der Waals surface area (Å²) in [6.07, 6.45) is 1.95. The predicted octanol–water partition coefficient (Wildman–Crippen LogP) is 2.69. The van der Waals surface area contributed by atoms with Crippen LogP contribution in [0, 0.1) is 13.8 Å². The van der Waals surface area contributed by atoms with Gasteiger partial charge in [0.25, 0.3) is 5.91 Å². The average Bonchev–Trinajstić information content (AvgIpc) is 2.97. The van der Waals surface area contributed by atoms with Gasteiger partial charge >= 0.3 is 0 Å². The molecule has 0 unspecified atom stereocenters. The second-order valence-corrected chi connectivity index (χ2v) is 6.44. The summed E-state index contributed by atoms with van der Waals surface area (Å²) in [7, 11) is 1.97. The number of aryl methyl sites for hydroxylation is 2. The van der Waals surface area contributed by atoms with E-state index in [1.807, 2.05) is 50.1 Å². The first-order valence-electron chi connectivity index (χ1n) is 8.70. The Labute approximate surface area is 148 Å². The molecule has 134 valence electrons. The molecular formula is C19H25N3O3. The molecule has 3 rings (SSSR count). The van der Waals surface area contributed by atoms with Gasteiger partial charge in [-0.2, -0.15) is 0 Å². The summed E-state index contributed by atoms with van der Waals surface area (Å²) in [6.45, 7) is 5.62.